The Morgan fingerprint density at radius 2 is 1.81 bits per heavy atom. The molecule has 0 atom stereocenters. The van der Waals surface area contributed by atoms with Gasteiger partial charge in [0.05, 0.1) is 7.11 Å². The van der Waals surface area contributed by atoms with Crippen LogP contribution in [-0.4, -0.2) is 28.0 Å². The molecule has 2 heterocycles. The normalized spacial score (nSPS) is 10.8. The number of fused-ring (bicyclic) bond motifs is 1. The highest BCUT2D eigenvalue weighted by atomic mass is 32.1. The van der Waals surface area contributed by atoms with Gasteiger partial charge in [-0.05, 0) is 24.3 Å². The molecule has 26 heavy (non-hydrogen) atoms. The molecule has 0 fully saturated rings. The van der Waals surface area contributed by atoms with Crippen molar-refractivity contribution in [2.75, 3.05) is 7.11 Å². The molecule has 0 aliphatic rings. The van der Waals surface area contributed by atoms with Crippen molar-refractivity contribution in [1.29, 1.82) is 0 Å². The molecule has 4 rings (SSSR count). The quantitative estimate of drug-likeness (QED) is 0.486. The summed E-state index contributed by atoms with van der Waals surface area (Å²) < 4.78 is 12.4. The van der Waals surface area contributed by atoms with E-state index in [1.807, 2.05) is 54.6 Å². The molecular formula is C19H15N3O3S. The fraction of sp³-hybridized carbons (Fsp3) is 0.105. The highest BCUT2D eigenvalue weighted by Crippen LogP contribution is 2.26. The lowest BCUT2D eigenvalue weighted by molar-refractivity contribution is 0.111. The number of aldehydes is 1. The van der Waals surface area contributed by atoms with E-state index in [4.69, 9.17) is 9.47 Å². The van der Waals surface area contributed by atoms with Crippen LogP contribution >= 0.6 is 11.3 Å². The number of carbonyl (C=O) groups is 1. The van der Waals surface area contributed by atoms with Crippen molar-refractivity contribution in [2.24, 2.45) is 0 Å². The molecule has 0 spiro atoms. The minimum Gasteiger partial charge on any atom is -0.497 e. The van der Waals surface area contributed by atoms with Crippen LogP contribution in [-0.2, 0) is 6.61 Å². The molecule has 4 aromatic rings. The van der Waals surface area contributed by atoms with E-state index in [1.165, 1.54) is 11.3 Å². The first kappa shape index (κ1) is 16.3. The van der Waals surface area contributed by atoms with Crippen LogP contribution < -0.4 is 9.47 Å². The van der Waals surface area contributed by atoms with Crippen molar-refractivity contribution in [2.45, 2.75) is 6.61 Å². The molecule has 0 bridgehead atoms. The Morgan fingerprint density at radius 1 is 1.08 bits per heavy atom. The van der Waals surface area contributed by atoms with Gasteiger partial charge in [0.2, 0.25) is 4.96 Å². The van der Waals surface area contributed by atoms with Crippen LogP contribution in [0.25, 0.3) is 16.2 Å². The summed E-state index contributed by atoms with van der Waals surface area (Å²) >= 11 is 1.40. The monoisotopic (exact) mass is 365 g/mol. The van der Waals surface area contributed by atoms with Crippen LogP contribution in [0.1, 0.15) is 15.5 Å². The molecule has 0 saturated carbocycles. The van der Waals surface area contributed by atoms with Gasteiger partial charge in [-0.3, -0.25) is 4.79 Å². The number of carbonyl (C=O) groups excluding carboxylic acids is 1. The maximum atomic E-state index is 11.6. The average Bonchev–Trinajstić information content (AvgIpc) is 3.24. The molecule has 0 aliphatic carbocycles. The lowest BCUT2D eigenvalue weighted by Crippen LogP contribution is -1.98. The van der Waals surface area contributed by atoms with Gasteiger partial charge in [0.1, 0.15) is 29.5 Å². The van der Waals surface area contributed by atoms with Crippen molar-refractivity contribution in [3.8, 4) is 22.8 Å². The van der Waals surface area contributed by atoms with Crippen molar-refractivity contribution < 1.29 is 14.3 Å². The van der Waals surface area contributed by atoms with E-state index in [9.17, 15) is 4.79 Å². The number of nitrogens with zero attached hydrogens (tertiary/aromatic N) is 3. The molecule has 0 unspecified atom stereocenters. The maximum absolute atomic E-state index is 11.6. The van der Waals surface area contributed by atoms with Gasteiger partial charge in [-0.2, -0.15) is 9.61 Å². The predicted octanol–water partition coefficient (Wildman–Crippen LogP) is 3.86. The second-order valence-corrected chi connectivity index (χ2v) is 6.52. The average molecular weight is 365 g/mol. The first-order valence-electron chi connectivity index (χ1n) is 7.94. The summed E-state index contributed by atoms with van der Waals surface area (Å²) in [5, 5.41) is 5.21. The fourth-order valence-corrected chi connectivity index (χ4v) is 3.41. The van der Waals surface area contributed by atoms with Gasteiger partial charge in [0.15, 0.2) is 11.3 Å². The zero-order valence-electron chi connectivity index (χ0n) is 14.0. The summed E-state index contributed by atoms with van der Waals surface area (Å²) in [6.07, 6.45) is 0.788. The number of imidazole rings is 1. The van der Waals surface area contributed by atoms with Crippen LogP contribution in [0.4, 0.5) is 0 Å². The molecule has 0 radical (unpaired) electrons. The SMILES string of the molecule is COc1ccc(OCc2nn3c(C=O)c(-c4ccccc4)nc3s2)cc1. The minimum atomic E-state index is 0.305. The molecule has 0 N–H and O–H groups in total. The Labute approximate surface area is 153 Å². The van der Waals surface area contributed by atoms with Gasteiger partial charge in [0.25, 0.3) is 0 Å². The third kappa shape index (κ3) is 3.04. The summed E-state index contributed by atoms with van der Waals surface area (Å²) in [6.45, 7) is 0.305. The summed E-state index contributed by atoms with van der Waals surface area (Å²) in [7, 11) is 1.62. The van der Waals surface area contributed by atoms with Crippen molar-refractivity contribution in [3.05, 3.63) is 65.3 Å². The van der Waals surface area contributed by atoms with E-state index in [0.29, 0.717) is 23.0 Å². The van der Waals surface area contributed by atoms with Gasteiger partial charge in [-0.1, -0.05) is 41.7 Å². The number of rotatable bonds is 6. The van der Waals surface area contributed by atoms with E-state index in [2.05, 4.69) is 10.1 Å². The number of aromatic nitrogens is 3. The van der Waals surface area contributed by atoms with Crippen LogP contribution in [0, 0.1) is 0 Å². The second kappa shape index (κ2) is 6.97. The highest BCUT2D eigenvalue weighted by Gasteiger charge is 2.17. The zero-order valence-corrected chi connectivity index (χ0v) is 14.8. The van der Waals surface area contributed by atoms with E-state index in [-0.39, 0.29) is 0 Å². The first-order valence-corrected chi connectivity index (χ1v) is 8.76. The Hall–Kier alpha value is -3.19. The summed E-state index contributed by atoms with van der Waals surface area (Å²) in [5.41, 5.74) is 1.98. The molecule has 130 valence electrons. The fourth-order valence-electron chi connectivity index (χ4n) is 2.59. The summed E-state index contributed by atoms with van der Waals surface area (Å²) in [6, 6.07) is 16.9. The van der Waals surface area contributed by atoms with Gasteiger partial charge < -0.3 is 9.47 Å². The van der Waals surface area contributed by atoms with Crippen molar-refractivity contribution >= 4 is 22.6 Å². The van der Waals surface area contributed by atoms with E-state index < -0.39 is 0 Å². The number of methoxy groups -OCH3 is 1. The lowest BCUT2D eigenvalue weighted by atomic mass is 10.1. The summed E-state index contributed by atoms with van der Waals surface area (Å²) in [4.78, 5) is 16.8. The first-order chi connectivity index (χ1) is 12.8. The third-order valence-corrected chi connectivity index (χ3v) is 4.74. The van der Waals surface area contributed by atoms with Crippen LogP contribution in [0.2, 0.25) is 0 Å². The van der Waals surface area contributed by atoms with Gasteiger partial charge in [-0.25, -0.2) is 4.98 Å². The molecule has 6 nitrogen and oxygen atoms in total. The summed E-state index contributed by atoms with van der Waals surface area (Å²) in [5.74, 6) is 1.49. The van der Waals surface area contributed by atoms with Crippen LogP contribution in [0.3, 0.4) is 0 Å². The Balaban J connectivity index is 1.58. The molecule has 0 aliphatic heterocycles. The Bertz CT molecular complexity index is 1040. The van der Waals surface area contributed by atoms with Gasteiger partial charge >= 0.3 is 0 Å². The molecular weight excluding hydrogens is 350 g/mol. The smallest absolute Gasteiger partial charge is 0.213 e. The van der Waals surface area contributed by atoms with Crippen molar-refractivity contribution in [3.63, 3.8) is 0 Å². The second-order valence-electron chi connectivity index (χ2n) is 5.48. The zero-order chi connectivity index (χ0) is 17.9. The highest BCUT2D eigenvalue weighted by molar-refractivity contribution is 7.16. The van der Waals surface area contributed by atoms with Crippen molar-refractivity contribution in [1.82, 2.24) is 14.6 Å². The van der Waals surface area contributed by atoms with E-state index in [0.717, 1.165) is 28.4 Å². The molecule has 2 aromatic carbocycles. The van der Waals surface area contributed by atoms with Gasteiger partial charge in [0, 0.05) is 5.56 Å². The minimum absolute atomic E-state index is 0.305. The standard InChI is InChI=1S/C19H15N3O3S/c1-24-14-7-9-15(10-8-14)25-12-17-21-22-16(11-23)18(20-19(22)26-17)13-5-3-2-4-6-13/h2-11H,12H2,1H3. The third-order valence-electron chi connectivity index (χ3n) is 3.86. The van der Waals surface area contributed by atoms with Crippen LogP contribution in [0.15, 0.2) is 54.6 Å². The molecule has 7 heteroatoms. The van der Waals surface area contributed by atoms with E-state index in [1.54, 1.807) is 11.6 Å². The Kier molecular flexibility index (Phi) is 4.37. The molecule has 0 saturated heterocycles. The largest absolute Gasteiger partial charge is 0.497 e. The number of hydrogen-bond acceptors (Lipinski definition) is 6. The lowest BCUT2D eigenvalue weighted by Gasteiger charge is -2.04. The van der Waals surface area contributed by atoms with Crippen LogP contribution in [0.5, 0.6) is 11.5 Å². The predicted molar refractivity (Wildman–Crippen MR) is 99.0 cm³/mol. The topological polar surface area (TPSA) is 65.7 Å². The number of benzene rings is 2. The molecule has 0 amide bonds. The van der Waals surface area contributed by atoms with Gasteiger partial charge in [-0.15, -0.1) is 0 Å². The molecule has 2 aromatic heterocycles. The Morgan fingerprint density at radius 3 is 2.50 bits per heavy atom. The number of hydrogen-bond donors (Lipinski definition) is 0. The maximum Gasteiger partial charge on any atom is 0.213 e. The van der Waals surface area contributed by atoms with E-state index >= 15 is 0 Å². The number of ether oxygens (including phenoxy) is 2.